The molecule has 0 radical (unpaired) electrons. The summed E-state index contributed by atoms with van der Waals surface area (Å²) in [6.07, 6.45) is 2.62. The first-order valence-electron chi connectivity index (χ1n) is 7.33. The molecular weight excluding hydrogens is 270 g/mol. The molecule has 0 aromatic carbocycles. The van der Waals surface area contributed by atoms with E-state index in [1.165, 1.54) is 0 Å². The molecule has 7 nitrogen and oxygen atoms in total. The van der Waals surface area contributed by atoms with Gasteiger partial charge in [-0.05, 0) is 26.2 Å². The fourth-order valence-corrected chi connectivity index (χ4v) is 2.57. The molecule has 0 aromatic rings. The lowest BCUT2D eigenvalue weighted by atomic mass is 10.1. The van der Waals surface area contributed by atoms with Crippen LogP contribution in [0.4, 0.5) is 0 Å². The molecule has 0 heterocycles. The average Bonchev–Trinajstić information content (AvgIpc) is 2.97. The van der Waals surface area contributed by atoms with E-state index in [-0.39, 0.29) is 30.3 Å². The highest BCUT2D eigenvalue weighted by Crippen LogP contribution is 2.26. The summed E-state index contributed by atoms with van der Waals surface area (Å²) in [7, 11) is 3.47. The Balaban J connectivity index is 2.62. The second-order valence-corrected chi connectivity index (χ2v) is 5.24. The minimum Gasteiger partial charge on any atom is -0.395 e. The van der Waals surface area contributed by atoms with Crippen molar-refractivity contribution in [2.45, 2.75) is 32.2 Å². The second-order valence-electron chi connectivity index (χ2n) is 5.24. The Labute approximate surface area is 126 Å². The lowest BCUT2D eigenvalue weighted by molar-refractivity contribution is -0.124. The number of nitrogens with one attached hydrogen (secondary N) is 5. The van der Waals surface area contributed by atoms with Gasteiger partial charge in [0, 0.05) is 38.2 Å². The molecule has 120 valence electrons. The molecule has 21 heavy (non-hydrogen) atoms. The van der Waals surface area contributed by atoms with Gasteiger partial charge in [0.05, 0.1) is 6.61 Å². The molecule has 0 aliphatic heterocycles. The van der Waals surface area contributed by atoms with Crippen LogP contribution in [0.1, 0.15) is 26.2 Å². The average molecular weight is 297 g/mol. The molecule has 0 bridgehead atoms. The van der Waals surface area contributed by atoms with Gasteiger partial charge in [-0.1, -0.05) is 0 Å². The maximum atomic E-state index is 11.6. The van der Waals surface area contributed by atoms with Crippen LogP contribution in [0.5, 0.6) is 0 Å². The summed E-state index contributed by atoms with van der Waals surface area (Å²) < 4.78 is 0. The van der Waals surface area contributed by atoms with Crippen molar-refractivity contribution in [3.63, 3.8) is 0 Å². The number of hydrogen-bond donors (Lipinski definition) is 6. The molecule has 1 aliphatic carbocycles. The van der Waals surface area contributed by atoms with Gasteiger partial charge in [-0.25, -0.2) is 0 Å². The molecule has 2 atom stereocenters. The number of hydrogen-bond acceptors (Lipinski definition) is 5. The Kier molecular flexibility index (Phi) is 7.01. The van der Waals surface area contributed by atoms with Crippen molar-refractivity contribution in [3.8, 4) is 0 Å². The van der Waals surface area contributed by atoms with E-state index in [2.05, 4.69) is 21.3 Å². The van der Waals surface area contributed by atoms with E-state index in [4.69, 9.17) is 10.5 Å². The number of aliphatic hydroxyl groups excluding tert-OH is 1. The third-order valence-electron chi connectivity index (χ3n) is 3.81. The number of carbonyl (C=O) groups is 1. The highest BCUT2D eigenvalue weighted by molar-refractivity contribution is 5.95. The van der Waals surface area contributed by atoms with Crippen molar-refractivity contribution in [1.82, 2.24) is 21.3 Å². The lowest BCUT2D eigenvalue weighted by Gasteiger charge is -2.20. The van der Waals surface area contributed by atoms with Crippen molar-refractivity contribution < 1.29 is 9.90 Å². The minimum atomic E-state index is -0.00555. The van der Waals surface area contributed by atoms with Crippen molar-refractivity contribution in [3.05, 3.63) is 11.4 Å². The topological polar surface area (TPSA) is 109 Å². The molecule has 0 spiro atoms. The fraction of sp³-hybridized carbons (Fsp3) is 0.714. The molecule has 1 saturated carbocycles. The van der Waals surface area contributed by atoms with Gasteiger partial charge in [0.15, 0.2) is 0 Å². The third-order valence-corrected chi connectivity index (χ3v) is 3.81. The summed E-state index contributed by atoms with van der Waals surface area (Å²) in [6, 6.07) is 0.232. The van der Waals surface area contributed by atoms with Crippen LogP contribution >= 0.6 is 0 Å². The first kappa shape index (κ1) is 17.3. The Morgan fingerprint density at radius 3 is 2.57 bits per heavy atom. The molecule has 0 saturated heterocycles. The molecule has 0 aromatic heterocycles. The lowest BCUT2D eigenvalue weighted by Crippen LogP contribution is -2.37. The van der Waals surface area contributed by atoms with Crippen LogP contribution < -0.4 is 21.3 Å². The third kappa shape index (κ3) is 4.93. The zero-order valence-corrected chi connectivity index (χ0v) is 13.0. The maximum absolute atomic E-state index is 11.6. The molecule has 7 heteroatoms. The quantitative estimate of drug-likeness (QED) is 0.280. The first-order valence-corrected chi connectivity index (χ1v) is 7.33. The maximum Gasteiger partial charge on any atom is 0.222 e. The van der Waals surface area contributed by atoms with E-state index in [0.717, 1.165) is 30.7 Å². The van der Waals surface area contributed by atoms with Crippen molar-refractivity contribution in [2.75, 3.05) is 27.2 Å². The van der Waals surface area contributed by atoms with E-state index >= 15 is 0 Å². The van der Waals surface area contributed by atoms with E-state index < -0.39 is 0 Å². The number of rotatable bonds is 7. The van der Waals surface area contributed by atoms with Gasteiger partial charge < -0.3 is 26.4 Å². The van der Waals surface area contributed by atoms with E-state index in [0.29, 0.717) is 6.54 Å². The van der Waals surface area contributed by atoms with Crippen LogP contribution in [0.3, 0.4) is 0 Å². The largest absolute Gasteiger partial charge is 0.395 e. The Morgan fingerprint density at radius 2 is 2.00 bits per heavy atom. The van der Waals surface area contributed by atoms with Crippen LogP contribution in [0, 0.1) is 11.3 Å². The van der Waals surface area contributed by atoms with Gasteiger partial charge in [0.1, 0.15) is 11.7 Å². The molecule has 1 rings (SSSR count). The zero-order chi connectivity index (χ0) is 15.8. The number of amides is 1. The van der Waals surface area contributed by atoms with Crippen LogP contribution in [0.15, 0.2) is 11.4 Å². The van der Waals surface area contributed by atoms with Crippen LogP contribution in [0.25, 0.3) is 0 Å². The predicted octanol–water partition coefficient (Wildman–Crippen LogP) is -0.499. The van der Waals surface area contributed by atoms with Gasteiger partial charge in [0.25, 0.3) is 0 Å². The standard InChI is InChI=1S/C14H27N5O2/c1-9(12(15)18-6-7-20)13(16-2)19-11-5-4-10(8-11)14(21)17-3/h10-11,16,19-20H,4-8H2,1-3H3,(H2,15,18)(H,17,21)/b13-9+/t10-,11+/m0/s1. The molecule has 1 amide bonds. The summed E-state index contributed by atoms with van der Waals surface area (Å²) in [5, 5.41) is 28.7. The fourth-order valence-electron chi connectivity index (χ4n) is 2.57. The van der Waals surface area contributed by atoms with Gasteiger partial charge in [0.2, 0.25) is 5.91 Å². The van der Waals surface area contributed by atoms with E-state index in [9.17, 15) is 4.79 Å². The number of aliphatic hydroxyl groups is 1. The molecule has 1 aliphatic rings. The summed E-state index contributed by atoms with van der Waals surface area (Å²) in [5.74, 6) is 1.23. The SMILES string of the molecule is CNC(=O)[C@H]1CC[C@@H](N/C(NC)=C(\C)C(=N)NCCO)C1. The Hall–Kier alpha value is -1.76. The molecule has 6 N–H and O–H groups in total. The smallest absolute Gasteiger partial charge is 0.222 e. The molecular formula is C14H27N5O2. The summed E-state index contributed by atoms with van der Waals surface area (Å²) >= 11 is 0. The monoisotopic (exact) mass is 297 g/mol. The summed E-state index contributed by atoms with van der Waals surface area (Å²) in [5.41, 5.74) is 0.759. The summed E-state index contributed by atoms with van der Waals surface area (Å²) in [4.78, 5) is 11.6. The number of carbonyl (C=O) groups excluding carboxylic acids is 1. The second kappa shape index (κ2) is 8.51. The van der Waals surface area contributed by atoms with Crippen molar-refractivity contribution in [1.29, 1.82) is 5.41 Å². The van der Waals surface area contributed by atoms with Crippen molar-refractivity contribution >= 4 is 11.7 Å². The molecule has 0 unspecified atom stereocenters. The Bertz CT molecular complexity index is 408. The first-order chi connectivity index (χ1) is 10.0. The van der Waals surface area contributed by atoms with Gasteiger partial charge in [-0.15, -0.1) is 0 Å². The van der Waals surface area contributed by atoms with Crippen LogP contribution in [-0.4, -0.2) is 50.1 Å². The highest BCUT2D eigenvalue weighted by atomic mass is 16.3. The van der Waals surface area contributed by atoms with Gasteiger partial charge in [-0.3, -0.25) is 10.2 Å². The predicted molar refractivity (Wildman–Crippen MR) is 82.9 cm³/mol. The highest BCUT2D eigenvalue weighted by Gasteiger charge is 2.29. The minimum absolute atomic E-state index is 0.00555. The van der Waals surface area contributed by atoms with Gasteiger partial charge >= 0.3 is 0 Å². The van der Waals surface area contributed by atoms with E-state index in [1.807, 2.05) is 6.92 Å². The zero-order valence-electron chi connectivity index (χ0n) is 13.0. The normalized spacial score (nSPS) is 22.3. The summed E-state index contributed by atoms with van der Waals surface area (Å²) in [6.45, 7) is 2.19. The van der Waals surface area contributed by atoms with Crippen LogP contribution in [-0.2, 0) is 4.79 Å². The van der Waals surface area contributed by atoms with Crippen molar-refractivity contribution in [2.24, 2.45) is 5.92 Å². The number of amidine groups is 1. The Morgan fingerprint density at radius 1 is 1.29 bits per heavy atom. The molecule has 1 fully saturated rings. The van der Waals surface area contributed by atoms with Gasteiger partial charge in [-0.2, -0.15) is 0 Å². The van der Waals surface area contributed by atoms with Crippen LogP contribution in [0.2, 0.25) is 0 Å². The van der Waals surface area contributed by atoms with E-state index in [1.54, 1.807) is 14.1 Å².